The molecule has 1 aliphatic rings. The average molecular weight is 336 g/mol. The summed E-state index contributed by atoms with van der Waals surface area (Å²) in [5.41, 5.74) is 0.0486. The van der Waals surface area contributed by atoms with Gasteiger partial charge in [0, 0.05) is 6.54 Å². The summed E-state index contributed by atoms with van der Waals surface area (Å²) in [4.78, 5) is 10.8. The van der Waals surface area contributed by atoms with Crippen LogP contribution in [0.4, 0.5) is 0 Å². The summed E-state index contributed by atoms with van der Waals surface area (Å²) in [6, 6.07) is 8.23. The molecule has 0 radical (unpaired) electrons. The number of carboxylic acid groups (broad SMARTS) is 1. The molecule has 0 spiro atoms. The molecule has 1 aromatic rings. The number of sulfonamides is 1. The van der Waals surface area contributed by atoms with Gasteiger partial charge < -0.3 is 5.11 Å². The van der Waals surface area contributed by atoms with Crippen molar-refractivity contribution in [1.82, 2.24) is 4.72 Å². The Morgan fingerprint density at radius 2 is 1.83 bits per heavy atom. The van der Waals surface area contributed by atoms with Crippen molar-refractivity contribution in [3.63, 3.8) is 0 Å². The van der Waals surface area contributed by atoms with Crippen molar-refractivity contribution in [1.29, 1.82) is 5.26 Å². The van der Waals surface area contributed by atoms with Crippen LogP contribution in [-0.2, 0) is 16.6 Å². The Bertz CT molecular complexity index is 699. The Labute approximate surface area is 136 Å². The molecule has 0 atom stereocenters. The van der Waals surface area contributed by atoms with E-state index in [9.17, 15) is 18.5 Å². The summed E-state index contributed by atoms with van der Waals surface area (Å²) in [5, 5.41) is 18.2. The Balaban J connectivity index is 1.98. The van der Waals surface area contributed by atoms with Crippen molar-refractivity contribution in [2.45, 2.75) is 38.6 Å². The quantitative estimate of drug-likeness (QED) is 0.828. The van der Waals surface area contributed by atoms with E-state index in [2.05, 4.69) is 10.8 Å². The summed E-state index contributed by atoms with van der Waals surface area (Å²) < 4.78 is 27.0. The topological polar surface area (TPSA) is 107 Å². The van der Waals surface area contributed by atoms with Crippen molar-refractivity contribution in [2.24, 2.45) is 5.41 Å². The Morgan fingerprint density at radius 3 is 2.35 bits per heavy atom. The van der Waals surface area contributed by atoms with E-state index in [-0.39, 0.29) is 17.9 Å². The summed E-state index contributed by atoms with van der Waals surface area (Å²) in [6.45, 7) is 0.0870. The van der Waals surface area contributed by atoms with E-state index in [0.717, 1.165) is 19.3 Å². The van der Waals surface area contributed by atoms with Gasteiger partial charge in [0.05, 0.1) is 22.8 Å². The summed E-state index contributed by atoms with van der Waals surface area (Å²) in [5.74, 6) is -1.20. The van der Waals surface area contributed by atoms with Crippen molar-refractivity contribution >= 4 is 16.0 Å². The fourth-order valence-electron chi connectivity index (χ4n) is 2.89. The second-order valence-corrected chi connectivity index (χ2v) is 7.84. The first kappa shape index (κ1) is 17.4. The maximum Gasteiger partial charge on any atom is 0.335 e. The predicted octanol–water partition coefficient (Wildman–Crippen LogP) is 2.28. The highest BCUT2D eigenvalue weighted by Gasteiger charge is 2.36. The number of nitrogens with zero attached hydrogens (tertiary/aromatic N) is 1. The third kappa shape index (κ3) is 4.78. The van der Waals surface area contributed by atoms with E-state index in [1.807, 2.05) is 0 Å². The Hall–Kier alpha value is -1.91. The van der Waals surface area contributed by atoms with E-state index in [4.69, 9.17) is 5.11 Å². The second-order valence-electron chi connectivity index (χ2n) is 6.04. The number of benzene rings is 1. The number of carboxylic acids is 1. The minimum atomic E-state index is -3.57. The zero-order valence-electron chi connectivity index (χ0n) is 12.8. The first-order valence-electron chi connectivity index (χ1n) is 7.57. The maximum atomic E-state index is 12.3. The molecule has 0 amide bonds. The minimum absolute atomic E-state index is 0.0870. The average Bonchev–Trinajstić information content (AvgIpc) is 2.54. The molecule has 124 valence electrons. The molecule has 0 aromatic heterocycles. The van der Waals surface area contributed by atoms with Crippen LogP contribution in [-0.4, -0.2) is 25.2 Å². The lowest BCUT2D eigenvalue weighted by atomic mass is 9.77. The van der Waals surface area contributed by atoms with Crippen LogP contribution in [0.5, 0.6) is 0 Å². The number of carbonyl (C=O) groups is 1. The van der Waals surface area contributed by atoms with Gasteiger partial charge in [-0.1, -0.05) is 31.4 Å². The van der Waals surface area contributed by atoms with Crippen molar-refractivity contribution in [3.8, 4) is 6.07 Å². The van der Waals surface area contributed by atoms with Crippen molar-refractivity contribution in [3.05, 3.63) is 35.4 Å². The fourth-order valence-corrected chi connectivity index (χ4v) is 4.46. The number of nitriles is 1. The van der Waals surface area contributed by atoms with Gasteiger partial charge in [0.1, 0.15) is 0 Å². The first-order valence-corrected chi connectivity index (χ1v) is 9.22. The van der Waals surface area contributed by atoms with Gasteiger partial charge >= 0.3 is 5.97 Å². The number of hydrogen-bond donors (Lipinski definition) is 2. The molecular formula is C16H20N2O4S. The van der Waals surface area contributed by atoms with Gasteiger partial charge in [-0.05, 0) is 30.5 Å². The van der Waals surface area contributed by atoms with E-state index in [1.54, 1.807) is 12.1 Å². The highest BCUT2D eigenvalue weighted by Crippen LogP contribution is 2.36. The minimum Gasteiger partial charge on any atom is -0.478 e. The molecule has 0 unspecified atom stereocenters. The van der Waals surface area contributed by atoms with Gasteiger partial charge in [0.25, 0.3) is 0 Å². The third-order valence-electron chi connectivity index (χ3n) is 4.21. The van der Waals surface area contributed by atoms with Gasteiger partial charge in [-0.15, -0.1) is 0 Å². The molecule has 23 heavy (non-hydrogen) atoms. The largest absolute Gasteiger partial charge is 0.478 e. The van der Waals surface area contributed by atoms with Gasteiger partial charge in [-0.2, -0.15) is 5.26 Å². The number of aromatic carboxylic acids is 1. The summed E-state index contributed by atoms with van der Waals surface area (Å²) in [6.07, 6.45) is 4.07. The zero-order chi connectivity index (χ0) is 16.9. The van der Waals surface area contributed by atoms with Crippen LogP contribution < -0.4 is 4.72 Å². The molecule has 2 N–H and O–H groups in total. The SMILES string of the molecule is N#CC1(CS(=O)(=O)NCc2ccc(C(=O)O)cc2)CCCCC1. The summed E-state index contributed by atoms with van der Waals surface area (Å²) in [7, 11) is -3.57. The van der Waals surface area contributed by atoms with Crippen LogP contribution in [0.1, 0.15) is 48.0 Å². The van der Waals surface area contributed by atoms with Gasteiger partial charge in [-0.25, -0.2) is 17.9 Å². The van der Waals surface area contributed by atoms with Crippen LogP contribution >= 0.6 is 0 Å². The van der Waals surface area contributed by atoms with Gasteiger partial charge in [0.2, 0.25) is 10.0 Å². The molecule has 1 fully saturated rings. The lowest BCUT2D eigenvalue weighted by Gasteiger charge is -2.30. The standard InChI is InChI=1S/C16H20N2O4S/c17-11-16(8-2-1-3-9-16)12-23(21,22)18-10-13-4-6-14(7-5-13)15(19)20/h4-7,18H,1-3,8-10,12H2,(H,19,20). The van der Waals surface area contributed by atoms with E-state index in [1.165, 1.54) is 12.1 Å². The number of hydrogen-bond acceptors (Lipinski definition) is 4. The number of rotatable bonds is 6. The van der Waals surface area contributed by atoms with E-state index < -0.39 is 21.4 Å². The number of nitrogens with one attached hydrogen (secondary N) is 1. The Kier molecular flexibility index (Phi) is 5.39. The molecule has 0 saturated heterocycles. The fraction of sp³-hybridized carbons (Fsp3) is 0.500. The molecule has 6 nitrogen and oxygen atoms in total. The zero-order valence-corrected chi connectivity index (χ0v) is 13.6. The lowest BCUT2D eigenvalue weighted by Crippen LogP contribution is -2.37. The molecule has 1 saturated carbocycles. The predicted molar refractivity (Wildman–Crippen MR) is 85.2 cm³/mol. The Morgan fingerprint density at radius 1 is 1.22 bits per heavy atom. The molecule has 0 heterocycles. The second kappa shape index (κ2) is 7.11. The van der Waals surface area contributed by atoms with Crippen LogP contribution in [0.2, 0.25) is 0 Å². The highest BCUT2D eigenvalue weighted by atomic mass is 32.2. The third-order valence-corrected chi connectivity index (χ3v) is 5.73. The van der Waals surface area contributed by atoms with Crippen molar-refractivity contribution < 1.29 is 18.3 Å². The van der Waals surface area contributed by atoms with Crippen LogP contribution in [0, 0.1) is 16.7 Å². The molecular weight excluding hydrogens is 316 g/mol. The molecule has 0 aliphatic heterocycles. The summed E-state index contributed by atoms with van der Waals surface area (Å²) >= 11 is 0. The van der Waals surface area contributed by atoms with Crippen molar-refractivity contribution in [2.75, 3.05) is 5.75 Å². The first-order chi connectivity index (χ1) is 10.9. The smallest absolute Gasteiger partial charge is 0.335 e. The van der Waals surface area contributed by atoms with Crippen LogP contribution in [0.25, 0.3) is 0 Å². The van der Waals surface area contributed by atoms with E-state index in [0.29, 0.717) is 18.4 Å². The van der Waals surface area contributed by atoms with E-state index >= 15 is 0 Å². The normalized spacial score (nSPS) is 17.3. The molecule has 1 aromatic carbocycles. The monoisotopic (exact) mass is 336 g/mol. The van der Waals surface area contributed by atoms with Gasteiger partial charge in [0.15, 0.2) is 0 Å². The van der Waals surface area contributed by atoms with Gasteiger partial charge in [-0.3, -0.25) is 0 Å². The van der Waals surface area contributed by atoms with Crippen LogP contribution in [0.15, 0.2) is 24.3 Å². The lowest BCUT2D eigenvalue weighted by molar-refractivity contribution is 0.0697. The maximum absolute atomic E-state index is 12.3. The van der Waals surface area contributed by atoms with Crippen LogP contribution in [0.3, 0.4) is 0 Å². The highest BCUT2D eigenvalue weighted by molar-refractivity contribution is 7.89. The molecule has 2 rings (SSSR count). The molecule has 7 heteroatoms. The molecule has 0 bridgehead atoms. The molecule has 1 aliphatic carbocycles.